The highest BCUT2D eigenvalue weighted by Gasteiger charge is 2.31. The van der Waals surface area contributed by atoms with Crippen LogP contribution in [0.25, 0.3) is 0 Å². The molecule has 0 amide bonds. The van der Waals surface area contributed by atoms with Crippen molar-refractivity contribution < 1.29 is 27.4 Å². The second-order valence-corrected chi connectivity index (χ2v) is 4.75. The largest absolute Gasteiger partial charge is 0.573 e. The highest BCUT2D eigenvalue weighted by molar-refractivity contribution is 5.81. The molecule has 0 N–H and O–H groups in total. The SMILES string of the molecule is CC(=O)C(C)(C)COc1ccc(OC(F)(F)F)cc1. The Morgan fingerprint density at radius 2 is 1.58 bits per heavy atom. The van der Waals surface area contributed by atoms with Crippen LogP contribution in [0.1, 0.15) is 20.8 Å². The first-order chi connectivity index (χ1) is 8.60. The van der Waals surface area contributed by atoms with E-state index in [0.717, 1.165) is 12.1 Å². The Hall–Kier alpha value is -1.72. The van der Waals surface area contributed by atoms with Gasteiger partial charge in [-0.1, -0.05) is 0 Å². The topological polar surface area (TPSA) is 35.5 Å². The van der Waals surface area contributed by atoms with Crippen molar-refractivity contribution in [2.75, 3.05) is 6.61 Å². The van der Waals surface area contributed by atoms with E-state index in [1.54, 1.807) is 13.8 Å². The normalized spacial score (nSPS) is 12.1. The van der Waals surface area contributed by atoms with Crippen LogP contribution in [-0.2, 0) is 4.79 Å². The van der Waals surface area contributed by atoms with E-state index in [1.807, 2.05) is 0 Å². The van der Waals surface area contributed by atoms with Crippen LogP contribution in [0.15, 0.2) is 24.3 Å². The average Bonchev–Trinajstić information content (AvgIpc) is 2.26. The molecular formula is C13H15F3O3. The number of ketones is 1. The molecule has 0 spiro atoms. The van der Waals surface area contributed by atoms with Crippen molar-refractivity contribution in [1.82, 2.24) is 0 Å². The lowest BCUT2D eigenvalue weighted by Crippen LogP contribution is -2.28. The summed E-state index contributed by atoms with van der Waals surface area (Å²) in [6, 6.07) is 5.03. The van der Waals surface area contributed by atoms with Crippen molar-refractivity contribution in [1.29, 1.82) is 0 Å². The Balaban J connectivity index is 2.61. The minimum atomic E-state index is -4.71. The van der Waals surface area contributed by atoms with Crippen molar-refractivity contribution in [3.05, 3.63) is 24.3 Å². The molecule has 0 fully saturated rings. The second kappa shape index (κ2) is 5.50. The molecular weight excluding hydrogens is 261 g/mol. The molecule has 0 atom stereocenters. The van der Waals surface area contributed by atoms with Crippen molar-refractivity contribution in [2.45, 2.75) is 27.1 Å². The fourth-order valence-electron chi connectivity index (χ4n) is 1.10. The molecule has 0 unspecified atom stereocenters. The van der Waals surface area contributed by atoms with E-state index < -0.39 is 11.8 Å². The third-order valence-corrected chi connectivity index (χ3v) is 2.61. The van der Waals surface area contributed by atoms with Crippen molar-refractivity contribution in [3.8, 4) is 11.5 Å². The van der Waals surface area contributed by atoms with Gasteiger partial charge in [0.1, 0.15) is 23.9 Å². The lowest BCUT2D eigenvalue weighted by molar-refractivity contribution is -0.274. The number of hydrogen-bond acceptors (Lipinski definition) is 3. The van der Waals surface area contributed by atoms with Crippen LogP contribution in [-0.4, -0.2) is 18.8 Å². The lowest BCUT2D eigenvalue weighted by Gasteiger charge is -2.21. The summed E-state index contributed by atoms with van der Waals surface area (Å²) in [6.07, 6.45) is -4.71. The van der Waals surface area contributed by atoms with E-state index in [1.165, 1.54) is 19.1 Å². The van der Waals surface area contributed by atoms with Crippen LogP contribution in [0.5, 0.6) is 11.5 Å². The maximum atomic E-state index is 11.9. The van der Waals surface area contributed by atoms with Gasteiger partial charge in [-0.15, -0.1) is 13.2 Å². The van der Waals surface area contributed by atoms with Gasteiger partial charge < -0.3 is 9.47 Å². The Labute approximate surface area is 109 Å². The summed E-state index contributed by atoms with van der Waals surface area (Å²) in [5.41, 5.74) is -0.638. The maximum Gasteiger partial charge on any atom is 0.573 e. The van der Waals surface area contributed by atoms with Gasteiger partial charge in [-0.3, -0.25) is 4.79 Å². The summed E-state index contributed by atoms with van der Waals surface area (Å²) in [6.45, 7) is 5.08. The first-order valence-electron chi connectivity index (χ1n) is 5.60. The van der Waals surface area contributed by atoms with Crippen molar-refractivity contribution in [2.24, 2.45) is 5.41 Å². The van der Waals surface area contributed by atoms with Crippen LogP contribution < -0.4 is 9.47 Å². The lowest BCUT2D eigenvalue weighted by atomic mass is 9.90. The smallest absolute Gasteiger partial charge is 0.493 e. The Bertz CT molecular complexity index is 435. The maximum absolute atomic E-state index is 11.9. The average molecular weight is 276 g/mol. The van der Waals surface area contributed by atoms with Crippen molar-refractivity contribution >= 4 is 5.78 Å². The molecule has 19 heavy (non-hydrogen) atoms. The number of ether oxygens (including phenoxy) is 2. The number of carbonyl (C=O) groups is 1. The molecule has 0 radical (unpaired) electrons. The molecule has 1 aromatic carbocycles. The van der Waals surface area contributed by atoms with Gasteiger partial charge in [-0.2, -0.15) is 0 Å². The number of Topliss-reactive ketones (excluding diaryl/α,β-unsaturated/α-hetero) is 1. The van der Waals surface area contributed by atoms with E-state index in [9.17, 15) is 18.0 Å². The zero-order valence-electron chi connectivity index (χ0n) is 10.9. The first kappa shape index (κ1) is 15.3. The van der Waals surface area contributed by atoms with Crippen LogP contribution in [0.3, 0.4) is 0 Å². The number of alkyl halides is 3. The highest BCUT2D eigenvalue weighted by Crippen LogP contribution is 2.25. The van der Waals surface area contributed by atoms with E-state index in [0.29, 0.717) is 5.75 Å². The van der Waals surface area contributed by atoms with Gasteiger partial charge in [0.2, 0.25) is 0 Å². The summed E-state index contributed by atoms with van der Waals surface area (Å²) in [5, 5.41) is 0. The molecule has 0 heterocycles. The summed E-state index contributed by atoms with van der Waals surface area (Å²) >= 11 is 0. The minimum absolute atomic E-state index is 0.0236. The van der Waals surface area contributed by atoms with Gasteiger partial charge in [0.05, 0.1) is 5.41 Å². The summed E-state index contributed by atoms with van der Waals surface area (Å²) < 4.78 is 44.9. The molecule has 1 rings (SSSR count). The molecule has 0 aliphatic rings. The summed E-state index contributed by atoms with van der Waals surface area (Å²) in [7, 11) is 0. The number of halogens is 3. The van der Waals surface area contributed by atoms with Gasteiger partial charge in [0.15, 0.2) is 0 Å². The highest BCUT2D eigenvalue weighted by atomic mass is 19.4. The zero-order chi connectivity index (χ0) is 14.7. The molecule has 6 heteroatoms. The number of rotatable bonds is 5. The standard InChI is InChI=1S/C13H15F3O3/c1-9(17)12(2,3)8-18-10-4-6-11(7-5-10)19-13(14,15)16/h4-7H,8H2,1-3H3. The fraction of sp³-hybridized carbons (Fsp3) is 0.462. The molecule has 1 aromatic rings. The van der Waals surface area contributed by atoms with Gasteiger partial charge in [-0.05, 0) is 45.0 Å². The van der Waals surface area contributed by atoms with Crippen LogP contribution in [0, 0.1) is 5.41 Å². The van der Waals surface area contributed by atoms with E-state index in [4.69, 9.17) is 4.74 Å². The van der Waals surface area contributed by atoms with Gasteiger partial charge in [0.25, 0.3) is 0 Å². The van der Waals surface area contributed by atoms with Gasteiger partial charge in [-0.25, -0.2) is 0 Å². The predicted molar refractivity (Wildman–Crippen MR) is 63.1 cm³/mol. The summed E-state index contributed by atoms with van der Waals surface area (Å²) in [5.74, 6) is 0.0408. The quantitative estimate of drug-likeness (QED) is 0.824. The Morgan fingerprint density at radius 3 is 2.00 bits per heavy atom. The minimum Gasteiger partial charge on any atom is -0.493 e. The van der Waals surface area contributed by atoms with Gasteiger partial charge in [0, 0.05) is 0 Å². The first-order valence-corrected chi connectivity index (χ1v) is 5.60. The molecule has 0 bridgehead atoms. The fourth-order valence-corrected chi connectivity index (χ4v) is 1.10. The zero-order valence-corrected chi connectivity index (χ0v) is 10.9. The third-order valence-electron chi connectivity index (χ3n) is 2.61. The third kappa shape index (κ3) is 5.19. The second-order valence-electron chi connectivity index (χ2n) is 4.75. The van der Waals surface area contributed by atoms with Crippen LogP contribution in [0.4, 0.5) is 13.2 Å². The number of carbonyl (C=O) groups excluding carboxylic acids is 1. The van der Waals surface area contributed by atoms with Crippen LogP contribution in [0.2, 0.25) is 0 Å². The number of hydrogen-bond donors (Lipinski definition) is 0. The molecule has 0 saturated carbocycles. The van der Waals surface area contributed by atoms with Gasteiger partial charge >= 0.3 is 6.36 Å². The van der Waals surface area contributed by atoms with E-state index >= 15 is 0 Å². The monoisotopic (exact) mass is 276 g/mol. The predicted octanol–water partition coefficient (Wildman–Crippen LogP) is 3.58. The molecule has 0 aliphatic carbocycles. The van der Waals surface area contributed by atoms with E-state index in [-0.39, 0.29) is 18.1 Å². The van der Waals surface area contributed by atoms with E-state index in [2.05, 4.69) is 4.74 Å². The Morgan fingerprint density at radius 1 is 1.11 bits per heavy atom. The molecule has 0 aliphatic heterocycles. The Kier molecular flexibility index (Phi) is 4.44. The molecule has 0 saturated heterocycles. The summed E-state index contributed by atoms with van der Waals surface area (Å²) in [4.78, 5) is 11.3. The van der Waals surface area contributed by atoms with Crippen LogP contribution >= 0.6 is 0 Å². The molecule has 106 valence electrons. The van der Waals surface area contributed by atoms with Crippen molar-refractivity contribution in [3.63, 3.8) is 0 Å². The number of benzene rings is 1. The molecule has 3 nitrogen and oxygen atoms in total. The molecule has 0 aromatic heterocycles.